The summed E-state index contributed by atoms with van der Waals surface area (Å²) in [5.74, 6) is -0.00607. The lowest BCUT2D eigenvalue weighted by Gasteiger charge is -2.27. The standard InChI is InChI=1S/C12H18N2O2/c1-4-13-12(2,3)14-11(16)9-5-7-10(15)8-6-9/h5-8,13,15H,4H2,1-3H3,(H,14,16). The molecule has 0 heterocycles. The van der Waals surface area contributed by atoms with Crippen LogP contribution in [-0.4, -0.2) is 23.2 Å². The molecule has 0 aliphatic heterocycles. The summed E-state index contributed by atoms with van der Waals surface area (Å²) in [6, 6.07) is 6.17. The van der Waals surface area contributed by atoms with E-state index < -0.39 is 5.66 Å². The van der Waals surface area contributed by atoms with E-state index >= 15 is 0 Å². The van der Waals surface area contributed by atoms with Crippen LogP contribution in [0.3, 0.4) is 0 Å². The normalized spacial score (nSPS) is 11.2. The molecule has 0 bridgehead atoms. The average Bonchev–Trinajstić information content (AvgIpc) is 2.17. The highest BCUT2D eigenvalue weighted by molar-refractivity contribution is 5.94. The Morgan fingerprint density at radius 3 is 2.38 bits per heavy atom. The Kier molecular flexibility index (Phi) is 3.90. The molecule has 1 aromatic carbocycles. The van der Waals surface area contributed by atoms with E-state index in [-0.39, 0.29) is 11.7 Å². The largest absolute Gasteiger partial charge is 0.508 e. The van der Waals surface area contributed by atoms with Gasteiger partial charge in [0, 0.05) is 5.56 Å². The number of hydrogen-bond donors (Lipinski definition) is 3. The van der Waals surface area contributed by atoms with E-state index in [1.807, 2.05) is 20.8 Å². The van der Waals surface area contributed by atoms with Gasteiger partial charge >= 0.3 is 0 Å². The van der Waals surface area contributed by atoms with Gasteiger partial charge < -0.3 is 10.4 Å². The van der Waals surface area contributed by atoms with Crippen LogP contribution in [0.5, 0.6) is 5.75 Å². The van der Waals surface area contributed by atoms with E-state index in [0.717, 1.165) is 6.54 Å². The van der Waals surface area contributed by atoms with Crippen LogP contribution >= 0.6 is 0 Å². The molecule has 88 valence electrons. The molecule has 0 unspecified atom stereocenters. The first kappa shape index (κ1) is 12.5. The second-order valence-electron chi connectivity index (χ2n) is 4.16. The van der Waals surface area contributed by atoms with Gasteiger partial charge in [-0.3, -0.25) is 10.1 Å². The Bertz CT molecular complexity index is 358. The van der Waals surface area contributed by atoms with Crippen LogP contribution in [0.15, 0.2) is 24.3 Å². The van der Waals surface area contributed by atoms with Crippen LogP contribution in [0.4, 0.5) is 0 Å². The van der Waals surface area contributed by atoms with Crippen molar-refractivity contribution in [2.45, 2.75) is 26.4 Å². The van der Waals surface area contributed by atoms with Gasteiger partial charge in [0.25, 0.3) is 5.91 Å². The van der Waals surface area contributed by atoms with E-state index in [2.05, 4.69) is 10.6 Å². The van der Waals surface area contributed by atoms with Crippen molar-refractivity contribution in [3.63, 3.8) is 0 Å². The van der Waals surface area contributed by atoms with Crippen molar-refractivity contribution in [1.82, 2.24) is 10.6 Å². The fourth-order valence-corrected chi connectivity index (χ4v) is 1.45. The quantitative estimate of drug-likeness (QED) is 0.676. The van der Waals surface area contributed by atoms with Crippen LogP contribution in [0.1, 0.15) is 31.1 Å². The van der Waals surface area contributed by atoms with Gasteiger partial charge in [0.2, 0.25) is 0 Å². The third-order valence-electron chi connectivity index (χ3n) is 2.17. The van der Waals surface area contributed by atoms with Crippen molar-refractivity contribution >= 4 is 5.91 Å². The number of amides is 1. The highest BCUT2D eigenvalue weighted by Gasteiger charge is 2.19. The van der Waals surface area contributed by atoms with Crippen molar-refractivity contribution in [3.8, 4) is 5.75 Å². The predicted molar refractivity (Wildman–Crippen MR) is 63.3 cm³/mol. The molecule has 0 saturated heterocycles. The highest BCUT2D eigenvalue weighted by Crippen LogP contribution is 2.10. The van der Waals surface area contributed by atoms with Crippen molar-refractivity contribution in [3.05, 3.63) is 29.8 Å². The molecule has 1 rings (SSSR count). The van der Waals surface area contributed by atoms with E-state index in [1.165, 1.54) is 12.1 Å². The molecule has 0 aromatic heterocycles. The zero-order valence-electron chi connectivity index (χ0n) is 9.87. The molecule has 0 spiro atoms. The molecule has 0 atom stereocenters. The zero-order valence-corrected chi connectivity index (χ0v) is 9.87. The van der Waals surface area contributed by atoms with Gasteiger partial charge in [0.05, 0.1) is 5.66 Å². The zero-order chi connectivity index (χ0) is 12.2. The molecule has 0 aliphatic rings. The van der Waals surface area contributed by atoms with Gasteiger partial charge in [-0.05, 0) is 44.7 Å². The maximum Gasteiger partial charge on any atom is 0.252 e. The maximum absolute atomic E-state index is 11.8. The first-order valence-corrected chi connectivity index (χ1v) is 5.31. The fraction of sp³-hybridized carbons (Fsp3) is 0.417. The van der Waals surface area contributed by atoms with Crippen LogP contribution in [0, 0.1) is 0 Å². The lowest BCUT2D eigenvalue weighted by molar-refractivity contribution is 0.0898. The van der Waals surface area contributed by atoms with E-state index in [0.29, 0.717) is 5.56 Å². The molecular formula is C12H18N2O2. The Morgan fingerprint density at radius 1 is 1.31 bits per heavy atom. The number of nitrogens with one attached hydrogen (secondary N) is 2. The van der Waals surface area contributed by atoms with Crippen LogP contribution < -0.4 is 10.6 Å². The first-order chi connectivity index (χ1) is 7.44. The first-order valence-electron chi connectivity index (χ1n) is 5.31. The summed E-state index contributed by atoms with van der Waals surface area (Å²) in [4.78, 5) is 11.8. The van der Waals surface area contributed by atoms with E-state index in [9.17, 15) is 4.79 Å². The monoisotopic (exact) mass is 222 g/mol. The Balaban J connectivity index is 2.69. The minimum Gasteiger partial charge on any atom is -0.508 e. The molecular weight excluding hydrogens is 204 g/mol. The van der Waals surface area contributed by atoms with Crippen molar-refractivity contribution < 1.29 is 9.90 Å². The second-order valence-corrected chi connectivity index (χ2v) is 4.16. The van der Waals surface area contributed by atoms with Crippen molar-refractivity contribution in [2.24, 2.45) is 0 Å². The number of rotatable bonds is 4. The minimum absolute atomic E-state index is 0.155. The Hall–Kier alpha value is -1.55. The van der Waals surface area contributed by atoms with Gasteiger partial charge in [-0.15, -0.1) is 0 Å². The van der Waals surface area contributed by atoms with Crippen LogP contribution in [0.25, 0.3) is 0 Å². The number of phenolic OH excluding ortho intramolecular Hbond substituents is 1. The Labute approximate surface area is 95.7 Å². The maximum atomic E-state index is 11.8. The van der Waals surface area contributed by atoms with Crippen LogP contribution in [-0.2, 0) is 0 Å². The molecule has 0 saturated carbocycles. The smallest absolute Gasteiger partial charge is 0.252 e. The molecule has 4 nitrogen and oxygen atoms in total. The lowest BCUT2D eigenvalue weighted by atomic mass is 10.1. The summed E-state index contributed by atoms with van der Waals surface area (Å²) in [7, 11) is 0. The number of carbonyl (C=O) groups is 1. The molecule has 4 heteroatoms. The van der Waals surface area contributed by atoms with Gasteiger partial charge in [0.15, 0.2) is 0 Å². The summed E-state index contributed by atoms with van der Waals surface area (Å²) in [5, 5.41) is 15.1. The number of carbonyl (C=O) groups excluding carboxylic acids is 1. The summed E-state index contributed by atoms with van der Waals surface area (Å²) < 4.78 is 0. The topological polar surface area (TPSA) is 61.4 Å². The molecule has 0 radical (unpaired) electrons. The summed E-state index contributed by atoms with van der Waals surface area (Å²) in [6.45, 7) is 6.56. The predicted octanol–water partition coefficient (Wildman–Crippen LogP) is 1.47. The SMILES string of the molecule is CCNC(C)(C)NC(=O)c1ccc(O)cc1. The summed E-state index contributed by atoms with van der Waals surface area (Å²) in [6.07, 6.45) is 0. The average molecular weight is 222 g/mol. The lowest BCUT2D eigenvalue weighted by Crippen LogP contribution is -2.54. The molecule has 0 aliphatic carbocycles. The summed E-state index contributed by atoms with van der Waals surface area (Å²) >= 11 is 0. The Morgan fingerprint density at radius 2 is 1.88 bits per heavy atom. The van der Waals surface area contributed by atoms with Gasteiger partial charge in [-0.1, -0.05) is 6.92 Å². The van der Waals surface area contributed by atoms with Gasteiger partial charge in [-0.25, -0.2) is 0 Å². The number of benzene rings is 1. The molecule has 3 N–H and O–H groups in total. The van der Waals surface area contributed by atoms with Crippen molar-refractivity contribution in [1.29, 1.82) is 0 Å². The highest BCUT2D eigenvalue weighted by atomic mass is 16.3. The van der Waals surface area contributed by atoms with E-state index in [1.54, 1.807) is 12.1 Å². The number of hydrogen-bond acceptors (Lipinski definition) is 3. The molecule has 1 amide bonds. The molecule has 0 fully saturated rings. The van der Waals surface area contributed by atoms with Gasteiger partial charge in [0.1, 0.15) is 5.75 Å². The summed E-state index contributed by atoms with van der Waals surface area (Å²) in [5.41, 5.74) is 0.0905. The number of aromatic hydroxyl groups is 1. The fourth-order valence-electron chi connectivity index (χ4n) is 1.45. The number of phenols is 1. The van der Waals surface area contributed by atoms with Crippen molar-refractivity contribution in [2.75, 3.05) is 6.54 Å². The third-order valence-corrected chi connectivity index (χ3v) is 2.17. The second kappa shape index (κ2) is 4.99. The van der Waals surface area contributed by atoms with E-state index in [4.69, 9.17) is 5.11 Å². The van der Waals surface area contributed by atoms with Crippen LogP contribution in [0.2, 0.25) is 0 Å². The minimum atomic E-state index is -0.441. The third kappa shape index (κ3) is 3.55. The van der Waals surface area contributed by atoms with Gasteiger partial charge in [-0.2, -0.15) is 0 Å². The molecule has 16 heavy (non-hydrogen) atoms. The molecule has 1 aromatic rings.